The third-order valence-corrected chi connectivity index (χ3v) is 8.52. The summed E-state index contributed by atoms with van der Waals surface area (Å²) in [6, 6.07) is -0.617. The first kappa shape index (κ1) is 46.5. The lowest BCUT2D eigenvalue weighted by atomic mass is 10.1. The highest BCUT2D eigenvalue weighted by molar-refractivity contribution is 5.72. The van der Waals surface area contributed by atoms with Crippen LogP contribution in [0.25, 0.3) is 0 Å². The minimum Gasteiger partial charge on any atom is -0.477 e. The minimum absolute atomic E-state index is 0.0509. The van der Waals surface area contributed by atoms with Crippen LogP contribution in [0.15, 0.2) is 36.5 Å². The number of unbranched alkanes of at least 4 members (excludes halogenated alkanes) is 14. The molecule has 0 rings (SSSR count). The molecule has 8 heteroatoms. The van der Waals surface area contributed by atoms with E-state index in [4.69, 9.17) is 14.2 Å². The van der Waals surface area contributed by atoms with Crippen LogP contribution in [0.5, 0.6) is 0 Å². The zero-order valence-electron chi connectivity index (χ0n) is 32.1. The van der Waals surface area contributed by atoms with Gasteiger partial charge in [0.05, 0.1) is 34.4 Å². The Hall–Kier alpha value is -2.45. The zero-order chi connectivity index (χ0) is 36.4. The maximum absolute atomic E-state index is 12.6. The van der Waals surface area contributed by atoms with Crippen LogP contribution in [0.4, 0.5) is 0 Å². The molecular weight excluding hydrogens is 618 g/mol. The molecule has 0 bridgehead atoms. The molecule has 0 aliphatic rings. The Bertz CT molecular complexity index is 906. The molecule has 0 saturated carbocycles. The second kappa shape index (κ2) is 32.7. The molecule has 1 N–H and O–H groups in total. The number of aliphatic carboxylic acids is 1. The van der Waals surface area contributed by atoms with Crippen LogP contribution in [0, 0.1) is 0 Å². The van der Waals surface area contributed by atoms with Gasteiger partial charge in [0.2, 0.25) is 0 Å². The van der Waals surface area contributed by atoms with Crippen LogP contribution < -0.4 is 0 Å². The van der Waals surface area contributed by atoms with Gasteiger partial charge in [0.15, 0.2) is 12.1 Å². The monoisotopic (exact) mass is 693 g/mol. The van der Waals surface area contributed by atoms with Gasteiger partial charge < -0.3 is 23.8 Å². The minimum atomic E-state index is -0.881. The number of carbonyl (C=O) groups excluding carboxylic acids is 2. The van der Waals surface area contributed by atoms with Crippen LogP contribution >= 0.6 is 0 Å². The molecular formula is C41H74NO7+. The van der Waals surface area contributed by atoms with Crippen molar-refractivity contribution in [3.63, 3.8) is 0 Å². The van der Waals surface area contributed by atoms with E-state index >= 15 is 0 Å². The summed E-state index contributed by atoms with van der Waals surface area (Å²) in [4.78, 5) is 36.8. The average molecular weight is 693 g/mol. The van der Waals surface area contributed by atoms with Crippen molar-refractivity contribution in [1.82, 2.24) is 0 Å². The Morgan fingerprint density at radius 3 is 1.71 bits per heavy atom. The van der Waals surface area contributed by atoms with Gasteiger partial charge in [-0.15, -0.1) is 0 Å². The standard InChI is InChI=1S/C41H73NO7/c1-6-8-10-12-14-16-18-20-22-23-25-27-29-31-39(43)48-36-37(35-47-34-33-38(41(45)46)42(3,4)5)49-40(44)32-30-28-26-24-21-19-17-15-13-11-9-7-2/h9,11,15,17,20,22,37-38H,6-8,10,12-14,16,18-19,21,23-36H2,1-5H3/p+1/b11-9+,17-15+,22-20+. The first-order chi connectivity index (χ1) is 23.6. The Morgan fingerprint density at radius 2 is 1.14 bits per heavy atom. The maximum Gasteiger partial charge on any atom is 0.362 e. The molecule has 0 aromatic rings. The Kier molecular flexibility index (Phi) is 31.1. The zero-order valence-corrected chi connectivity index (χ0v) is 32.1. The number of rotatable bonds is 34. The SMILES string of the molecule is CC/C=C/C/C=C/CCCCCCCC(=O)OC(COCCC(C(=O)O)[N+](C)(C)C)COC(=O)CCCCC/C=C/CCCCCCCC. The van der Waals surface area contributed by atoms with Crippen molar-refractivity contribution in [2.24, 2.45) is 0 Å². The summed E-state index contributed by atoms with van der Waals surface area (Å²) in [5.74, 6) is -1.51. The number of nitrogens with zero attached hydrogens (tertiary/aromatic N) is 1. The summed E-state index contributed by atoms with van der Waals surface area (Å²) >= 11 is 0. The van der Waals surface area contributed by atoms with E-state index in [1.54, 1.807) is 0 Å². The Morgan fingerprint density at radius 1 is 0.633 bits per heavy atom. The molecule has 0 radical (unpaired) electrons. The van der Waals surface area contributed by atoms with Crippen molar-refractivity contribution in [2.75, 3.05) is 41.0 Å². The summed E-state index contributed by atoms with van der Waals surface area (Å²) in [7, 11) is 5.50. The van der Waals surface area contributed by atoms with Crippen LogP contribution in [-0.4, -0.2) is 80.6 Å². The number of allylic oxidation sites excluding steroid dienone is 6. The van der Waals surface area contributed by atoms with Gasteiger partial charge in [-0.3, -0.25) is 9.59 Å². The van der Waals surface area contributed by atoms with E-state index in [2.05, 4.69) is 50.3 Å². The molecule has 0 fully saturated rings. The van der Waals surface area contributed by atoms with Gasteiger partial charge in [0.25, 0.3) is 0 Å². The Labute approximate surface area is 300 Å². The van der Waals surface area contributed by atoms with E-state index < -0.39 is 18.1 Å². The fourth-order valence-corrected chi connectivity index (χ4v) is 5.47. The predicted octanol–water partition coefficient (Wildman–Crippen LogP) is 9.91. The molecule has 0 heterocycles. The summed E-state index contributed by atoms with van der Waals surface area (Å²) in [6.45, 7) is 4.57. The molecule has 0 amide bonds. The molecule has 0 spiro atoms. The lowest BCUT2D eigenvalue weighted by Gasteiger charge is -2.31. The summed E-state index contributed by atoms with van der Waals surface area (Å²) in [5.41, 5.74) is 0. The third kappa shape index (κ3) is 31.3. The van der Waals surface area contributed by atoms with Crippen molar-refractivity contribution in [2.45, 2.75) is 167 Å². The van der Waals surface area contributed by atoms with Gasteiger partial charge in [-0.2, -0.15) is 0 Å². The average Bonchev–Trinajstić information content (AvgIpc) is 3.05. The second-order valence-corrected chi connectivity index (χ2v) is 14.1. The van der Waals surface area contributed by atoms with Gasteiger partial charge in [-0.1, -0.05) is 108 Å². The highest BCUT2D eigenvalue weighted by Gasteiger charge is 2.31. The number of esters is 2. The van der Waals surface area contributed by atoms with E-state index in [0.717, 1.165) is 83.5 Å². The number of quaternary nitrogens is 1. The number of hydrogen-bond acceptors (Lipinski definition) is 6. The highest BCUT2D eigenvalue weighted by atomic mass is 16.6. The van der Waals surface area contributed by atoms with E-state index in [-0.39, 0.29) is 36.2 Å². The molecule has 284 valence electrons. The predicted molar refractivity (Wildman–Crippen MR) is 201 cm³/mol. The van der Waals surface area contributed by atoms with Crippen LogP contribution in [-0.2, 0) is 28.6 Å². The van der Waals surface area contributed by atoms with Crippen LogP contribution in [0.2, 0.25) is 0 Å². The van der Waals surface area contributed by atoms with E-state index in [1.165, 1.54) is 38.5 Å². The lowest BCUT2D eigenvalue weighted by molar-refractivity contribution is -0.887. The number of carboxylic acid groups (broad SMARTS) is 1. The lowest BCUT2D eigenvalue weighted by Crippen LogP contribution is -2.50. The number of carboxylic acids is 1. The number of hydrogen-bond donors (Lipinski definition) is 1. The topological polar surface area (TPSA) is 99.1 Å². The highest BCUT2D eigenvalue weighted by Crippen LogP contribution is 2.13. The maximum atomic E-state index is 12.6. The van der Waals surface area contributed by atoms with Crippen molar-refractivity contribution in [3.05, 3.63) is 36.5 Å². The third-order valence-electron chi connectivity index (χ3n) is 8.52. The van der Waals surface area contributed by atoms with Gasteiger partial charge >= 0.3 is 17.9 Å². The van der Waals surface area contributed by atoms with Crippen LogP contribution in [0.3, 0.4) is 0 Å². The second-order valence-electron chi connectivity index (χ2n) is 14.1. The summed E-state index contributed by atoms with van der Waals surface area (Å²) in [6.07, 6.45) is 34.7. The van der Waals surface area contributed by atoms with Crippen molar-refractivity contribution in [1.29, 1.82) is 0 Å². The Balaban J connectivity index is 4.46. The van der Waals surface area contributed by atoms with Gasteiger partial charge in [0, 0.05) is 19.3 Å². The van der Waals surface area contributed by atoms with Crippen molar-refractivity contribution < 1.29 is 38.2 Å². The van der Waals surface area contributed by atoms with Crippen molar-refractivity contribution in [3.8, 4) is 0 Å². The largest absolute Gasteiger partial charge is 0.477 e. The quantitative estimate of drug-likeness (QED) is 0.0310. The van der Waals surface area contributed by atoms with Gasteiger partial charge in [-0.05, 0) is 64.2 Å². The first-order valence-electron chi connectivity index (χ1n) is 19.5. The smallest absolute Gasteiger partial charge is 0.362 e. The molecule has 8 nitrogen and oxygen atoms in total. The molecule has 0 saturated heterocycles. The molecule has 49 heavy (non-hydrogen) atoms. The number of ether oxygens (including phenoxy) is 3. The summed E-state index contributed by atoms with van der Waals surface area (Å²) < 4.78 is 17.2. The first-order valence-corrected chi connectivity index (χ1v) is 19.5. The van der Waals surface area contributed by atoms with Crippen LogP contribution in [0.1, 0.15) is 155 Å². The van der Waals surface area contributed by atoms with E-state index in [1.807, 2.05) is 21.1 Å². The van der Waals surface area contributed by atoms with Gasteiger partial charge in [-0.25, -0.2) is 4.79 Å². The fourth-order valence-electron chi connectivity index (χ4n) is 5.47. The fraction of sp³-hybridized carbons (Fsp3) is 0.780. The number of likely N-dealkylation sites (N-methyl/N-ethyl adjacent to an activating group) is 1. The van der Waals surface area contributed by atoms with E-state index in [0.29, 0.717) is 19.3 Å². The molecule has 2 unspecified atom stereocenters. The molecule has 0 aromatic heterocycles. The van der Waals surface area contributed by atoms with Crippen molar-refractivity contribution >= 4 is 17.9 Å². The molecule has 0 aliphatic carbocycles. The molecule has 0 aliphatic heterocycles. The molecule has 2 atom stereocenters. The van der Waals surface area contributed by atoms with E-state index in [9.17, 15) is 19.5 Å². The summed E-state index contributed by atoms with van der Waals surface area (Å²) in [5, 5.41) is 9.58. The van der Waals surface area contributed by atoms with Gasteiger partial charge in [0.1, 0.15) is 6.61 Å². The number of carbonyl (C=O) groups is 3. The normalized spacial score (nSPS) is 13.4. The molecule has 0 aromatic carbocycles.